The van der Waals surface area contributed by atoms with Gasteiger partial charge in [-0.3, -0.25) is 0 Å². The summed E-state index contributed by atoms with van der Waals surface area (Å²) >= 11 is 3.33. The summed E-state index contributed by atoms with van der Waals surface area (Å²) < 4.78 is 6.78. The molecule has 1 fully saturated rings. The van der Waals surface area contributed by atoms with Crippen LogP contribution in [0.5, 0.6) is 5.75 Å². The minimum atomic E-state index is 0.630. The van der Waals surface area contributed by atoms with Crippen LogP contribution >= 0.6 is 23.1 Å². The maximum atomic E-state index is 5.77. The molecule has 0 saturated heterocycles. The van der Waals surface area contributed by atoms with E-state index in [0.29, 0.717) is 12.6 Å². The van der Waals surface area contributed by atoms with Crippen LogP contribution in [0.25, 0.3) is 0 Å². The number of nitrogens with one attached hydrogen (secondary N) is 1. The first-order chi connectivity index (χ1) is 10.3. The molecule has 0 spiro atoms. The Morgan fingerprint density at radius 2 is 2.29 bits per heavy atom. The predicted molar refractivity (Wildman–Crippen MR) is 88.6 cm³/mol. The molecule has 0 amide bonds. The molecule has 0 bridgehead atoms. The van der Waals surface area contributed by atoms with Gasteiger partial charge in [-0.15, -0.1) is 10.2 Å². The number of rotatable bonds is 8. The molecule has 1 aliphatic rings. The van der Waals surface area contributed by atoms with Crippen LogP contribution < -0.4 is 10.1 Å². The molecule has 0 radical (unpaired) electrons. The van der Waals surface area contributed by atoms with Crippen LogP contribution in [0.15, 0.2) is 28.6 Å². The largest absolute Gasteiger partial charge is 0.493 e. The number of nitrogens with zero attached hydrogens (tertiary/aromatic N) is 2. The van der Waals surface area contributed by atoms with Crippen LogP contribution in [0, 0.1) is 0 Å². The second kappa shape index (κ2) is 7.13. The number of benzene rings is 1. The van der Waals surface area contributed by atoms with Gasteiger partial charge < -0.3 is 10.1 Å². The second-order valence-corrected chi connectivity index (χ2v) is 7.31. The van der Waals surface area contributed by atoms with E-state index < -0.39 is 0 Å². The standard InChI is InChI=1S/C15H19N3OS2/c1-2-11-4-3-5-13(10-11)19-8-9-20-15-18-17-14(21-15)16-12-6-7-12/h3-5,10,12H,2,6-9H2,1H3,(H,16,17). The zero-order valence-corrected chi connectivity index (χ0v) is 13.7. The SMILES string of the molecule is CCc1cccc(OCCSc2nnc(NC3CC3)s2)c1. The number of ether oxygens (including phenoxy) is 1. The van der Waals surface area contributed by atoms with Crippen molar-refractivity contribution in [3.05, 3.63) is 29.8 Å². The first-order valence-corrected chi connectivity index (χ1v) is 9.08. The molecule has 2 aromatic rings. The molecule has 1 aromatic carbocycles. The molecule has 0 atom stereocenters. The van der Waals surface area contributed by atoms with Gasteiger partial charge in [-0.25, -0.2) is 0 Å². The number of thioether (sulfide) groups is 1. The molecular weight excluding hydrogens is 302 g/mol. The average Bonchev–Trinajstić information content (AvgIpc) is 3.21. The highest BCUT2D eigenvalue weighted by atomic mass is 32.2. The number of aryl methyl sites for hydroxylation is 1. The third-order valence-corrected chi connectivity index (χ3v) is 5.15. The molecular formula is C15H19N3OS2. The van der Waals surface area contributed by atoms with E-state index in [1.54, 1.807) is 23.1 Å². The Bertz CT molecular complexity index is 584. The summed E-state index contributed by atoms with van der Waals surface area (Å²) in [5, 5.41) is 12.6. The van der Waals surface area contributed by atoms with Gasteiger partial charge in [0.15, 0.2) is 4.34 Å². The van der Waals surface area contributed by atoms with E-state index in [1.807, 2.05) is 12.1 Å². The Balaban J connectivity index is 1.40. The molecule has 1 aliphatic carbocycles. The van der Waals surface area contributed by atoms with Crippen molar-refractivity contribution in [2.75, 3.05) is 17.7 Å². The molecule has 1 aromatic heterocycles. The van der Waals surface area contributed by atoms with E-state index in [2.05, 4.69) is 34.6 Å². The zero-order chi connectivity index (χ0) is 14.5. The van der Waals surface area contributed by atoms with Crippen molar-refractivity contribution in [2.24, 2.45) is 0 Å². The molecule has 0 unspecified atom stereocenters. The van der Waals surface area contributed by atoms with Gasteiger partial charge in [0.25, 0.3) is 0 Å². The first-order valence-electron chi connectivity index (χ1n) is 7.28. The minimum absolute atomic E-state index is 0.630. The average molecular weight is 321 g/mol. The van der Waals surface area contributed by atoms with E-state index in [0.717, 1.165) is 27.4 Å². The molecule has 1 heterocycles. The van der Waals surface area contributed by atoms with Gasteiger partial charge in [-0.05, 0) is 37.0 Å². The molecule has 1 N–H and O–H groups in total. The maximum Gasteiger partial charge on any atom is 0.206 e. The Morgan fingerprint density at radius 3 is 3.10 bits per heavy atom. The summed E-state index contributed by atoms with van der Waals surface area (Å²) in [5.41, 5.74) is 1.31. The molecule has 0 aliphatic heterocycles. The second-order valence-electron chi connectivity index (χ2n) is 4.99. The number of aromatic nitrogens is 2. The summed E-state index contributed by atoms with van der Waals surface area (Å²) in [6.45, 7) is 2.83. The topological polar surface area (TPSA) is 47.0 Å². The van der Waals surface area contributed by atoms with Crippen molar-refractivity contribution >= 4 is 28.2 Å². The Kier molecular flexibility index (Phi) is 4.98. The number of anilines is 1. The fourth-order valence-electron chi connectivity index (χ4n) is 1.87. The highest BCUT2D eigenvalue weighted by molar-refractivity contribution is 8.01. The van der Waals surface area contributed by atoms with Crippen LogP contribution in [0.3, 0.4) is 0 Å². The fourth-order valence-corrected chi connectivity index (χ4v) is 3.59. The van der Waals surface area contributed by atoms with Crippen LogP contribution in [0.2, 0.25) is 0 Å². The van der Waals surface area contributed by atoms with Gasteiger partial charge >= 0.3 is 0 Å². The summed E-state index contributed by atoms with van der Waals surface area (Å²) in [5.74, 6) is 1.83. The highest BCUT2D eigenvalue weighted by Crippen LogP contribution is 2.30. The van der Waals surface area contributed by atoms with Crippen LogP contribution in [-0.2, 0) is 6.42 Å². The minimum Gasteiger partial charge on any atom is -0.493 e. The molecule has 6 heteroatoms. The monoisotopic (exact) mass is 321 g/mol. The molecule has 4 nitrogen and oxygen atoms in total. The molecule has 3 rings (SSSR count). The third kappa shape index (κ3) is 4.61. The van der Waals surface area contributed by atoms with Gasteiger partial charge in [-0.2, -0.15) is 0 Å². The number of hydrogen-bond donors (Lipinski definition) is 1. The summed E-state index contributed by atoms with van der Waals surface area (Å²) in [6, 6.07) is 8.91. The van der Waals surface area contributed by atoms with Crippen molar-refractivity contribution in [2.45, 2.75) is 36.6 Å². The molecule has 1 saturated carbocycles. The lowest BCUT2D eigenvalue weighted by atomic mass is 10.2. The van der Waals surface area contributed by atoms with Gasteiger partial charge in [0.1, 0.15) is 5.75 Å². The zero-order valence-electron chi connectivity index (χ0n) is 12.0. The Labute approximate surface area is 133 Å². The summed E-state index contributed by atoms with van der Waals surface area (Å²) in [4.78, 5) is 0. The van der Waals surface area contributed by atoms with Crippen LogP contribution in [0.1, 0.15) is 25.3 Å². The summed E-state index contributed by atoms with van der Waals surface area (Å²) in [6.07, 6.45) is 3.55. The Morgan fingerprint density at radius 1 is 1.38 bits per heavy atom. The van der Waals surface area contributed by atoms with Crippen molar-refractivity contribution in [1.29, 1.82) is 0 Å². The lowest BCUT2D eigenvalue weighted by Gasteiger charge is -2.06. The van der Waals surface area contributed by atoms with E-state index in [-0.39, 0.29) is 0 Å². The Hall–Kier alpha value is -1.27. The van der Waals surface area contributed by atoms with Gasteiger partial charge in [0.2, 0.25) is 5.13 Å². The number of hydrogen-bond acceptors (Lipinski definition) is 6. The first kappa shape index (κ1) is 14.7. The molecule has 21 heavy (non-hydrogen) atoms. The summed E-state index contributed by atoms with van der Waals surface area (Å²) in [7, 11) is 0. The van der Waals surface area contributed by atoms with Crippen LogP contribution in [-0.4, -0.2) is 28.6 Å². The normalized spacial score (nSPS) is 14.1. The quantitative estimate of drug-likeness (QED) is 0.591. The lowest BCUT2D eigenvalue weighted by Crippen LogP contribution is -2.00. The van der Waals surface area contributed by atoms with Crippen molar-refractivity contribution in [3.63, 3.8) is 0 Å². The van der Waals surface area contributed by atoms with E-state index in [9.17, 15) is 0 Å². The lowest BCUT2D eigenvalue weighted by molar-refractivity contribution is 0.343. The maximum absolute atomic E-state index is 5.77. The van der Waals surface area contributed by atoms with E-state index in [1.165, 1.54) is 18.4 Å². The smallest absolute Gasteiger partial charge is 0.206 e. The van der Waals surface area contributed by atoms with Crippen molar-refractivity contribution in [1.82, 2.24) is 10.2 Å². The van der Waals surface area contributed by atoms with Gasteiger partial charge in [0, 0.05) is 11.8 Å². The fraction of sp³-hybridized carbons (Fsp3) is 0.467. The van der Waals surface area contributed by atoms with Crippen molar-refractivity contribution < 1.29 is 4.74 Å². The van der Waals surface area contributed by atoms with E-state index in [4.69, 9.17) is 4.74 Å². The third-order valence-electron chi connectivity index (χ3n) is 3.20. The van der Waals surface area contributed by atoms with Gasteiger partial charge in [-0.1, -0.05) is 42.2 Å². The predicted octanol–water partition coefficient (Wildman–Crippen LogP) is 3.85. The van der Waals surface area contributed by atoms with Gasteiger partial charge in [0.05, 0.1) is 6.61 Å². The van der Waals surface area contributed by atoms with E-state index >= 15 is 0 Å². The van der Waals surface area contributed by atoms with Crippen molar-refractivity contribution in [3.8, 4) is 5.75 Å². The highest BCUT2D eigenvalue weighted by Gasteiger charge is 2.22. The van der Waals surface area contributed by atoms with Crippen LogP contribution in [0.4, 0.5) is 5.13 Å². The molecule has 112 valence electrons.